The average Bonchev–Trinajstić information content (AvgIpc) is 3.22. The van der Waals surface area contributed by atoms with Crippen LogP contribution in [0.5, 0.6) is 0 Å². The molecule has 0 bridgehead atoms. The fraction of sp³-hybridized carbons (Fsp3) is 0.227. The van der Waals surface area contributed by atoms with Gasteiger partial charge in [-0.1, -0.05) is 72.0 Å². The van der Waals surface area contributed by atoms with E-state index in [1.54, 1.807) is 10.9 Å². The Morgan fingerprint density at radius 1 is 1.00 bits per heavy atom. The van der Waals surface area contributed by atoms with Gasteiger partial charge in [0.2, 0.25) is 0 Å². The molecule has 0 unspecified atom stereocenters. The van der Waals surface area contributed by atoms with Crippen molar-refractivity contribution < 1.29 is 4.79 Å². The molecular formula is C22H22N4O. The zero-order valence-corrected chi connectivity index (χ0v) is 15.2. The summed E-state index contributed by atoms with van der Waals surface area (Å²) in [5, 5.41) is 8.20. The van der Waals surface area contributed by atoms with Gasteiger partial charge in [-0.25, -0.2) is 0 Å². The normalized spacial score (nSPS) is 14.1. The molecule has 2 heterocycles. The van der Waals surface area contributed by atoms with Crippen molar-refractivity contribution in [3.05, 3.63) is 89.8 Å². The number of aromatic nitrogens is 3. The first-order chi connectivity index (χ1) is 13.3. The molecular weight excluding hydrogens is 336 g/mol. The van der Waals surface area contributed by atoms with E-state index in [0.29, 0.717) is 25.3 Å². The number of hydrogen-bond acceptors (Lipinski definition) is 3. The van der Waals surface area contributed by atoms with Gasteiger partial charge in [0.25, 0.3) is 5.91 Å². The van der Waals surface area contributed by atoms with E-state index in [0.717, 1.165) is 12.8 Å². The molecule has 3 aromatic rings. The number of aryl methyl sites for hydroxylation is 2. The fourth-order valence-electron chi connectivity index (χ4n) is 3.32. The highest BCUT2D eigenvalue weighted by Crippen LogP contribution is 2.22. The fourth-order valence-corrected chi connectivity index (χ4v) is 3.32. The lowest BCUT2D eigenvalue weighted by atomic mass is 9.99. The lowest BCUT2D eigenvalue weighted by Crippen LogP contribution is -2.34. The Balaban J connectivity index is 1.36. The molecule has 27 heavy (non-hydrogen) atoms. The lowest BCUT2D eigenvalue weighted by molar-refractivity contribution is 0.0767. The second-order valence-corrected chi connectivity index (χ2v) is 6.70. The Labute approximate surface area is 158 Å². The van der Waals surface area contributed by atoms with Crippen LogP contribution in [0.2, 0.25) is 0 Å². The first-order valence-electron chi connectivity index (χ1n) is 9.27. The topological polar surface area (TPSA) is 51.0 Å². The van der Waals surface area contributed by atoms with Crippen molar-refractivity contribution in [2.45, 2.75) is 19.4 Å². The Kier molecular flexibility index (Phi) is 5.10. The van der Waals surface area contributed by atoms with Crippen LogP contribution in [0.25, 0.3) is 5.57 Å². The Bertz CT molecular complexity index is 931. The summed E-state index contributed by atoms with van der Waals surface area (Å²) in [5.41, 5.74) is 4.19. The molecule has 5 heteroatoms. The molecule has 0 saturated heterocycles. The summed E-state index contributed by atoms with van der Waals surface area (Å²) in [6.45, 7) is 2.03. The van der Waals surface area contributed by atoms with Gasteiger partial charge in [-0.2, -0.15) is 0 Å². The highest BCUT2D eigenvalue weighted by Gasteiger charge is 2.21. The summed E-state index contributed by atoms with van der Waals surface area (Å²) >= 11 is 0. The van der Waals surface area contributed by atoms with Crippen molar-refractivity contribution in [1.29, 1.82) is 0 Å². The number of benzene rings is 2. The van der Waals surface area contributed by atoms with E-state index in [9.17, 15) is 4.79 Å². The Morgan fingerprint density at radius 3 is 2.44 bits per heavy atom. The molecule has 0 fully saturated rings. The molecule has 1 amide bonds. The van der Waals surface area contributed by atoms with Crippen LogP contribution < -0.4 is 0 Å². The van der Waals surface area contributed by atoms with E-state index >= 15 is 0 Å². The number of hydrogen-bond donors (Lipinski definition) is 0. The molecule has 136 valence electrons. The van der Waals surface area contributed by atoms with Gasteiger partial charge < -0.3 is 4.90 Å². The third kappa shape index (κ3) is 4.14. The first-order valence-corrected chi connectivity index (χ1v) is 9.27. The van der Waals surface area contributed by atoms with Crippen molar-refractivity contribution in [3.8, 4) is 0 Å². The van der Waals surface area contributed by atoms with E-state index in [2.05, 4.69) is 40.7 Å². The summed E-state index contributed by atoms with van der Waals surface area (Å²) in [4.78, 5) is 14.5. The molecule has 5 nitrogen and oxygen atoms in total. The van der Waals surface area contributed by atoms with Crippen molar-refractivity contribution in [1.82, 2.24) is 19.9 Å². The predicted octanol–water partition coefficient (Wildman–Crippen LogP) is 3.45. The monoisotopic (exact) mass is 358 g/mol. The molecule has 0 atom stereocenters. The van der Waals surface area contributed by atoms with Gasteiger partial charge in [-0.05, 0) is 29.5 Å². The van der Waals surface area contributed by atoms with Gasteiger partial charge in [0.05, 0.1) is 6.20 Å². The van der Waals surface area contributed by atoms with E-state index < -0.39 is 0 Å². The summed E-state index contributed by atoms with van der Waals surface area (Å²) in [6.07, 6.45) is 5.61. The predicted molar refractivity (Wildman–Crippen MR) is 105 cm³/mol. The maximum Gasteiger partial charge on any atom is 0.276 e. The van der Waals surface area contributed by atoms with E-state index in [1.165, 1.54) is 16.7 Å². The summed E-state index contributed by atoms with van der Waals surface area (Å²) in [5.74, 6) is -0.0516. The molecule has 0 spiro atoms. The maximum absolute atomic E-state index is 12.7. The summed E-state index contributed by atoms with van der Waals surface area (Å²) in [6, 6.07) is 20.6. The second-order valence-electron chi connectivity index (χ2n) is 6.70. The van der Waals surface area contributed by atoms with Gasteiger partial charge >= 0.3 is 0 Å². The zero-order chi connectivity index (χ0) is 18.5. The van der Waals surface area contributed by atoms with E-state index in [4.69, 9.17) is 0 Å². The second kappa shape index (κ2) is 7.99. The first kappa shape index (κ1) is 17.2. The van der Waals surface area contributed by atoms with Crippen LogP contribution in [-0.2, 0) is 13.0 Å². The van der Waals surface area contributed by atoms with E-state index in [-0.39, 0.29) is 5.91 Å². The zero-order valence-electron chi connectivity index (χ0n) is 15.2. The lowest BCUT2D eigenvalue weighted by Gasteiger charge is -2.25. The third-order valence-electron chi connectivity index (χ3n) is 4.87. The van der Waals surface area contributed by atoms with Crippen LogP contribution in [0.3, 0.4) is 0 Å². The van der Waals surface area contributed by atoms with Crippen LogP contribution in [0.15, 0.2) is 72.9 Å². The Morgan fingerprint density at radius 2 is 1.74 bits per heavy atom. The van der Waals surface area contributed by atoms with Crippen LogP contribution in [-0.4, -0.2) is 38.9 Å². The molecule has 1 aliphatic heterocycles. The number of rotatable bonds is 5. The van der Waals surface area contributed by atoms with Crippen LogP contribution in [0, 0.1) is 0 Å². The molecule has 0 N–H and O–H groups in total. The SMILES string of the molecule is O=C(c1cn(CCc2ccccc2)nn1)N1CC=C(c2ccccc2)CC1. The molecule has 0 radical (unpaired) electrons. The molecule has 0 saturated carbocycles. The minimum Gasteiger partial charge on any atom is -0.333 e. The largest absolute Gasteiger partial charge is 0.333 e. The van der Waals surface area contributed by atoms with Crippen LogP contribution in [0.1, 0.15) is 28.0 Å². The number of carbonyl (C=O) groups excluding carboxylic acids is 1. The average molecular weight is 358 g/mol. The van der Waals surface area contributed by atoms with Crippen molar-refractivity contribution in [3.63, 3.8) is 0 Å². The Hall–Kier alpha value is -3.21. The molecule has 2 aromatic carbocycles. The highest BCUT2D eigenvalue weighted by atomic mass is 16.2. The van der Waals surface area contributed by atoms with E-state index in [1.807, 2.05) is 41.3 Å². The van der Waals surface area contributed by atoms with Gasteiger partial charge in [0, 0.05) is 19.6 Å². The van der Waals surface area contributed by atoms with Crippen LogP contribution in [0.4, 0.5) is 0 Å². The number of nitrogens with zero attached hydrogens (tertiary/aromatic N) is 4. The standard InChI is InChI=1S/C22H22N4O/c27-22(25-14-12-20(13-15-25)19-9-5-2-6-10-19)21-17-26(24-23-21)16-11-18-7-3-1-4-8-18/h1-10,12,17H,11,13-16H2. The minimum absolute atomic E-state index is 0.0516. The molecule has 1 aromatic heterocycles. The minimum atomic E-state index is -0.0516. The van der Waals surface area contributed by atoms with Crippen LogP contribution >= 0.6 is 0 Å². The molecule has 1 aliphatic rings. The highest BCUT2D eigenvalue weighted by molar-refractivity contribution is 5.92. The van der Waals surface area contributed by atoms with Crippen molar-refractivity contribution in [2.75, 3.05) is 13.1 Å². The third-order valence-corrected chi connectivity index (χ3v) is 4.87. The van der Waals surface area contributed by atoms with Gasteiger partial charge in [0.1, 0.15) is 0 Å². The van der Waals surface area contributed by atoms with Gasteiger partial charge in [-0.3, -0.25) is 9.48 Å². The number of carbonyl (C=O) groups is 1. The molecule has 0 aliphatic carbocycles. The molecule has 4 rings (SSSR count). The van der Waals surface area contributed by atoms with Gasteiger partial charge in [0.15, 0.2) is 5.69 Å². The van der Waals surface area contributed by atoms with Crippen molar-refractivity contribution >= 4 is 11.5 Å². The smallest absolute Gasteiger partial charge is 0.276 e. The van der Waals surface area contributed by atoms with Crippen molar-refractivity contribution in [2.24, 2.45) is 0 Å². The summed E-state index contributed by atoms with van der Waals surface area (Å²) < 4.78 is 1.75. The maximum atomic E-state index is 12.7. The van der Waals surface area contributed by atoms with Gasteiger partial charge in [-0.15, -0.1) is 5.10 Å². The number of amides is 1. The quantitative estimate of drug-likeness (QED) is 0.702. The summed E-state index contributed by atoms with van der Waals surface area (Å²) in [7, 11) is 0.